The first-order chi connectivity index (χ1) is 15.0. The second-order valence-corrected chi connectivity index (χ2v) is 8.65. The molecule has 12 heteroatoms. The van der Waals surface area contributed by atoms with E-state index < -0.39 is 35.6 Å². The lowest BCUT2D eigenvalue weighted by molar-refractivity contribution is -0.138. The van der Waals surface area contributed by atoms with Gasteiger partial charge in [0.2, 0.25) is 5.91 Å². The Morgan fingerprint density at radius 2 is 1.88 bits per heavy atom. The van der Waals surface area contributed by atoms with Crippen LogP contribution >= 0.6 is 11.6 Å². The lowest BCUT2D eigenvalue weighted by Gasteiger charge is -2.39. The van der Waals surface area contributed by atoms with Gasteiger partial charge in [0, 0.05) is 26.4 Å². The summed E-state index contributed by atoms with van der Waals surface area (Å²) in [4.78, 5) is 54.6. The second-order valence-electron chi connectivity index (χ2n) is 8.21. The average Bonchev–Trinajstić information content (AvgIpc) is 2.69. The fourth-order valence-electron chi connectivity index (χ4n) is 3.03. The number of pyridine rings is 1. The van der Waals surface area contributed by atoms with Crippen LogP contribution in [0.5, 0.6) is 0 Å². The van der Waals surface area contributed by atoms with Crippen LogP contribution in [0.1, 0.15) is 27.2 Å². The Balaban J connectivity index is 2.05. The van der Waals surface area contributed by atoms with Crippen LogP contribution in [0.3, 0.4) is 0 Å². The summed E-state index contributed by atoms with van der Waals surface area (Å²) in [5.41, 5.74) is -0.728. The number of hydrogen-bond acceptors (Lipinski definition) is 7. The predicted molar refractivity (Wildman–Crippen MR) is 116 cm³/mol. The minimum absolute atomic E-state index is 0.104. The number of anilines is 1. The highest BCUT2D eigenvalue weighted by molar-refractivity contribution is 6.39. The van der Waals surface area contributed by atoms with Gasteiger partial charge in [-0.2, -0.15) is 0 Å². The smallest absolute Gasteiger partial charge is 0.408 e. The Bertz CT molecular complexity index is 842. The zero-order valence-corrected chi connectivity index (χ0v) is 19.2. The Labute approximate surface area is 191 Å². The molecule has 1 aliphatic heterocycles. The maximum atomic E-state index is 12.4. The first kappa shape index (κ1) is 25.3. The number of nitrogens with zero attached hydrogens (tertiary/aromatic N) is 2. The molecule has 176 valence electrons. The number of amides is 4. The maximum absolute atomic E-state index is 12.4. The van der Waals surface area contributed by atoms with Crippen molar-refractivity contribution in [1.82, 2.24) is 20.5 Å². The summed E-state index contributed by atoms with van der Waals surface area (Å²) in [7, 11) is 1.41. The van der Waals surface area contributed by atoms with Crippen LogP contribution in [-0.2, 0) is 23.9 Å². The van der Waals surface area contributed by atoms with Gasteiger partial charge >= 0.3 is 17.9 Å². The molecule has 1 fully saturated rings. The number of carbonyl (C=O) groups is 4. The van der Waals surface area contributed by atoms with Gasteiger partial charge in [-0.1, -0.05) is 11.6 Å². The van der Waals surface area contributed by atoms with Crippen molar-refractivity contribution in [2.24, 2.45) is 0 Å². The number of hydrogen-bond donors (Lipinski definition) is 3. The molecule has 1 saturated heterocycles. The fraction of sp³-hybridized carbons (Fsp3) is 0.550. The third-order valence-corrected chi connectivity index (χ3v) is 4.65. The van der Waals surface area contributed by atoms with Gasteiger partial charge in [-0.25, -0.2) is 9.78 Å². The summed E-state index contributed by atoms with van der Waals surface area (Å²) in [6.45, 7) is 5.49. The third kappa shape index (κ3) is 7.97. The number of rotatable bonds is 5. The van der Waals surface area contributed by atoms with Gasteiger partial charge in [0.15, 0.2) is 0 Å². The summed E-state index contributed by atoms with van der Waals surface area (Å²) in [5.74, 6) is -1.91. The Hall–Kier alpha value is -2.92. The number of likely N-dealkylation sites (tertiary alicyclic amines) is 1. The topological polar surface area (TPSA) is 139 Å². The third-order valence-electron chi connectivity index (χ3n) is 4.43. The van der Waals surface area contributed by atoms with Crippen molar-refractivity contribution in [3.63, 3.8) is 0 Å². The number of methoxy groups -OCH3 is 1. The van der Waals surface area contributed by atoms with Crippen LogP contribution < -0.4 is 16.0 Å². The van der Waals surface area contributed by atoms with Crippen molar-refractivity contribution in [2.45, 2.75) is 44.9 Å². The van der Waals surface area contributed by atoms with Crippen LogP contribution in [0.15, 0.2) is 18.3 Å². The lowest BCUT2D eigenvalue weighted by atomic mass is 9.99. The summed E-state index contributed by atoms with van der Waals surface area (Å²) >= 11 is 5.76. The molecule has 0 saturated carbocycles. The van der Waals surface area contributed by atoms with Crippen LogP contribution in [0.4, 0.5) is 10.6 Å². The molecule has 1 aliphatic rings. The minimum atomic E-state index is -0.922. The zero-order valence-electron chi connectivity index (χ0n) is 18.4. The van der Waals surface area contributed by atoms with Gasteiger partial charge in [0.1, 0.15) is 18.0 Å². The van der Waals surface area contributed by atoms with E-state index in [4.69, 9.17) is 21.1 Å². The van der Waals surface area contributed by atoms with E-state index in [-0.39, 0.29) is 24.9 Å². The molecule has 1 aromatic heterocycles. The van der Waals surface area contributed by atoms with E-state index >= 15 is 0 Å². The lowest BCUT2D eigenvalue weighted by Crippen LogP contribution is -2.62. The predicted octanol–water partition coefficient (Wildman–Crippen LogP) is 0.930. The molecule has 2 heterocycles. The molecule has 2 unspecified atom stereocenters. The Morgan fingerprint density at radius 3 is 2.47 bits per heavy atom. The molecule has 0 aliphatic carbocycles. The number of aromatic nitrogens is 1. The number of alkyl carbamates (subject to hydrolysis) is 1. The van der Waals surface area contributed by atoms with Gasteiger partial charge in [-0.15, -0.1) is 0 Å². The van der Waals surface area contributed by atoms with E-state index in [1.807, 2.05) is 0 Å². The van der Waals surface area contributed by atoms with E-state index in [9.17, 15) is 19.2 Å². The molecule has 1 aromatic rings. The highest BCUT2D eigenvalue weighted by Gasteiger charge is 2.35. The molecule has 2 atom stereocenters. The van der Waals surface area contributed by atoms with Gasteiger partial charge < -0.3 is 30.3 Å². The van der Waals surface area contributed by atoms with Crippen molar-refractivity contribution >= 4 is 41.2 Å². The van der Waals surface area contributed by atoms with Crippen molar-refractivity contribution in [1.29, 1.82) is 0 Å². The van der Waals surface area contributed by atoms with Crippen LogP contribution in [0, 0.1) is 0 Å². The Kier molecular flexibility index (Phi) is 8.79. The van der Waals surface area contributed by atoms with Crippen molar-refractivity contribution in [2.75, 3.05) is 32.1 Å². The SMILES string of the molecule is COCC(=O)N1CCC(NC(=O)C(=O)Nc2ccc(Cl)cn2)C(NC(=O)OC(C)(C)C)C1. The number of ether oxygens (including phenoxy) is 2. The summed E-state index contributed by atoms with van der Waals surface area (Å²) in [5, 5.41) is 8.06. The second kappa shape index (κ2) is 11.1. The van der Waals surface area contributed by atoms with Crippen molar-refractivity contribution in [3.8, 4) is 0 Å². The molecule has 0 bridgehead atoms. The van der Waals surface area contributed by atoms with Gasteiger partial charge in [0.25, 0.3) is 0 Å². The van der Waals surface area contributed by atoms with Crippen LogP contribution in [-0.4, -0.2) is 78.2 Å². The summed E-state index contributed by atoms with van der Waals surface area (Å²) in [6.07, 6.45) is 0.953. The molecular weight excluding hydrogens is 442 g/mol. The van der Waals surface area contributed by atoms with Crippen molar-refractivity contribution < 1.29 is 28.7 Å². The Morgan fingerprint density at radius 1 is 1.16 bits per heavy atom. The molecule has 0 aromatic carbocycles. The number of halogens is 1. The molecule has 11 nitrogen and oxygen atoms in total. The molecule has 3 N–H and O–H groups in total. The van der Waals surface area contributed by atoms with E-state index in [0.717, 1.165) is 0 Å². The fourth-order valence-corrected chi connectivity index (χ4v) is 3.14. The quantitative estimate of drug-likeness (QED) is 0.545. The highest BCUT2D eigenvalue weighted by Crippen LogP contribution is 2.14. The monoisotopic (exact) mass is 469 g/mol. The molecular formula is C20H28ClN5O6. The number of carbonyl (C=O) groups excluding carboxylic acids is 4. The first-order valence-electron chi connectivity index (χ1n) is 9.98. The van der Waals surface area contributed by atoms with Crippen molar-refractivity contribution in [3.05, 3.63) is 23.4 Å². The average molecular weight is 470 g/mol. The first-order valence-corrected chi connectivity index (χ1v) is 10.4. The number of piperidine rings is 1. The van der Waals surface area contributed by atoms with Gasteiger partial charge in [-0.05, 0) is 39.3 Å². The summed E-state index contributed by atoms with van der Waals surface area (Å²) in [6, 6.07) is 1.70. The van der Waals surface area contributed by atoms with Crippen LogP contribution in [0.25, 0.3) is 0 Å². The molecule has 2 rings (SSSR count). The zero-order chi connectivity index (χ0) is 23.9. The standard InChI is InChI=1S/C20H28ClN5O6/c1-20(2,3)32-19(30)24-14-10-26(16(27)11-31-4)8-7-13(14)23-17(28)18(29)25-15-6-5-12(21)9-22-15/h5-6,9,13-14H,7-8,10-11H2,1-4H3,(H,23,28)(H,24,30)(H,22,25,29). The van der Waals surface area contributed by atoms with E-state index in [0.29, 0.717) is 18.0 Å². The summed E-state index contributed by atoms with van der Waals surface area (Å²) < 4.78 is 10.2. The molecule has 32 heavy (non-hydrogen) atoms. The largest absolute Gasteiger partial charge is 0.444 e. The van der Waals surface area contributed by atoms with Crippen LogP contribution in [0.2, 0.25) is 5.02 Å². The van der Waals surface area contributed by atoms with Gasteiger partial charge in [-0.3, -0.25) is 14.4 Å². The van der Waals surface area contributed by atoms with E-state index in [2.05, 4.69) is 20.9 Å². The minimum Gasteiger partial charge on any atom is -0.444 e. The van der Waals surface area contributed by atoms with Gasteiger partial charge in [0.05, 0.1) is 17.1 Å². The van der Waals surface area contributed by atoms with E-state index in [1.165, 1.54) is 30.3 Å². The molecule has 4 amide bonds. The highest BCUT2D eigenvalue weighted by atomic mass is 35.5. The van der Waals surface area contributed by atoms with E-state index in [1.54, 1.807) is 20.8 Å². The molecule has 0 radical (unpaired) electrons. The maximum Gasteiger partial charge on any atom is 0.408 e. The molecule has 0 spiro atoms. The number of nitrogens with one attached hydrogen (secondary N) is 3. The normalized spacial score (nSPS) is 18.5.